The quantitative estimate of drug-likeness (QED) is 0.674. The van der Waals surface area contributed by atoms with Gasteiger partial charge in [0.1, 0.15) is 6.54 Å². The predicted molar refractivity (Wildman–Crippen MR) is 103 cm³/mol. The molecule has 0 saturated heterocycles. The van der Waals surface area contributed by atoms with Gasteiger partial charge in [-0.1, -0.05) is 13.3 Å². The summed E-state index contributed by atoms with van der Waals surface area (Å²) in [7, 11) is -3.94. The van der Waals surface area contributed by atoms with Gasteiger partial charge in [0.2, 0.25) is 11.8 Å². The van der Waals surface area contributed by atoms with E-state index in [1.165, 1.54) is 41.2 Å². The van der Waals surface area contributed by atoms with Crippen LogP contribution in [0.4, 0.5) is 5.69 Å². The molecule has 10 heteroatoms. The number of benzene rings is 1. The van der Waals surface area contributed by atoms with Crippen LogP contribution in [-0.2, 0) is 32.6 Å². The third-order valence-electron chi connectivity index (χ3n) is 3.76. The second-order valence-electron chi connectivity index (χ2n) is 6.18. The number of hydrogen-bond acceptors (Lipinski definition) is 6. The predicted octanol–water partition coefficient (Wildman–Crippen LogP) is 1.05. The van der Waals surface area contributed by atoms with Gasteiger partial charge in [0, 0.05) is 24.4 Å². The summed E-state index contributed by atoms with van der Waals surface area (Å²) in [5.74, 6) is -1.15. The minimum Gasteiger partial charge on any atom is -0.325 e. The number of aromatic nitrogens is 2. The number of hydrogen-bond donors (Lipinski definition) is 2. The van der Waals surface area contributed by atoms with E-state index in [4.69, 9.17) is 0 Å². The van der Waals surface area contributed by atoms with Crippen LogP contribution < -0.4 is 15.6 Å². The molecule has 1 heterocycles. The SMILES string of the molecule is CCCCc1cc(=O)n(CC(=O)Nc2ccc(S(=O)(=O)NC(C)=O)cc2)cn1. The van der Waals surface area contributed by atoms with Crippen LogP contribution in [0.2, 0.25) is 0 Å². The van der Waals surface area contributed by atoms with E-state index in [1.807, 2.05) is 11.6 Å². The topological polar surface area (TPSA) is 127 Å². The van der Waals surface area contributed by atoms with E-state index in [0.29, 0.717) is 17.8 Å². The van der Waals surface area contributed by atoms with Crippen LogP contribution in [0.15, 0.2) is 46.3 Å². The molecular formula is C18H22N4O5S. The second-order valence-corrected chi connectivity index (χ2v) is 7.87. The second kappa shape index (κ2) is 9.27. The van der Waals surface area contributed by atoms with Crippen molar-refractivity contribution < 1.29 is 18.0 Å². The lowest BCUT2D eigenvalue weighted by atomic mass is 10.2. The number of amides is 2. The smallest absolute Gasteiger partial charge is 0.264 e. The molecule has 0 aliphatic heterocycles. The number of anilines is 1. The molecule has 0 unspecified atom stereocenters. The van der Waals surface area contributed by atoms with Gasteiger partial charge in [-0.15, -0.1) is 0 Å². The highest BCUT2D eigenvalue weighted by Crippen LogP contribution is 2.14. The van der Waals surface area contributed by atoms with Gasteiger partial charge in [0.25, 0.3) is 15.6 Å². The molecule has 2 amide bonds. The highest BCUT2D eigenvalue weighted by atomic mass is 32.2. The number of nitrogens with one attached hydrogen (secondary N) is 2. The molecule has 0 fully saturated rings. The summed E-state index contributed by atoms with van der Waals surface area (Å²) in [5.41, 5.74) is 0.736. The first-order valence-corrected chi connectivity index (χ1v) is 10.2. The Labute approximate surface area is 162 Å². The molecule has 0 atom stereocenters. The molecule has 0 radical (unpaired) electrons. The van der Waals surface area contributed by atoms with Crippen molar-refractivity contribution in [1.82, 2.24) is 14.3 Å². The van der Waals surface area contributed by atoms with Gasteiger partial charge >= 0.3 is 0 Å². The maximum atomic E-state index is 12.1. The van der Waals surface area contributed by atoms with E-state index in [0.717, 1.165) is 19.8 Å². The van der Waals surface area contributed by atoms with Crippen LogP contribution in [0.3, 0.4) is 0 Å². The molecule has 1 aromatic carbocycles. The Morgan fingerprint density at radius 2 is 1.86 bits per heavy atom. The standard InChI is InChI=1S/C18H22N4O5S/c1-3-4-5-15-10-18(25)22(12-19-15)11-17(24)20-14-6-8-16(9-7-14)28(26,27)21-13(2)23/h6-10,12H,3-5,11H2,1-2H3,(H,20,24)(H,21,23). The Morgan fingerprint density at radius 1 is 1.18 bits per heavy atom. The first-order chi connectivity index (χ1) is 13.2. The summed E-state index contributed by atoms with van der Waals surface area (Å²) in [4.78, 5) is 39.2. The number of sulfonamides is 1. The number of nitrogens with zero attached hydrogens (tertiary/aromatic N) is 2. The van der Waals surface area contributed by atoms with Crippen molar-refractivity contribution in [3.63, 3.8) is 0 Å². The lowest BCUT2D eigenvalue weighted by Gasteiger charge is -2.09. The van der Waals surface area contributed by atoms with E-state index in [9.17, 15) is 22.8 Å². The minimum atomic E-state index is -3.94. The van der Waals surface area contributed by atoms with Crippen molar-refractivity contribution in [2.75, 3.05) is 5.32 Å². The summed E-state index contributed by atoms with van der Waals surface area (Å²) in [6, 6.07) is 6.72. The zero-order valence-electron chi connectivity index (χ0n) is 15.6. The average molecular weight is 406 g/mol. The van der Waals surface area contributed by atoms with Crippen LogP contribution in [0.5, 0.6) is 0 Å². The van der Waals surface area contributed by atoms with Gasteiger partial charge in [-0.25, -0.2) is 18.1 Å². The minimum absolute atomic E-state index is 0.108. The molecule has 0 aliphatic rings. The third kappa shape index (κ3) is 6.02. The molecule has 150 valence electrons. The molecule has 28 heavy (non-hydrogen) atoms. The van der Waals surface area contributed by atoms with Crippen molar-refractivity contribution in [2.24, 2.45) is 0 Å². The monoisotopic (exact) mass is 406 g/mol. The summed E-state index contributed by atoms with van der Waals surface area (Å²) < 4.78 is 26.8. The van der Waals surface area contributed by atoms with Crippen molar-refractivity contribution in [3.05, 3.63) is 52.7 Å². The highest BCUT2D eigenvalue weighted by molar-refractivity contribution is 7.90. The zero-order valence-corrected chi connectivity index (χ0v) is 16.5. The van der Waals surface area contributed by atoms with Gasteiger partial charge in [-0.3, -0.25) is 19.0 Å². The first kappa shape index (κ1) is 21.3. The molecule has 2 N–H and O–H groups in total. The van der Waals surface area contributed by atoms with Crippen molar-refractivity contribution >= 4 is 27.5 Å². The first-order valence-electron chi connectivity index (χ1n) is 8.70. The Bertz CT molecular complexity index is 1010. The number of carbonyl (C=O) groups excluding carboxylic acids is 2. The van der Waals surface area contributed by atoms with Crippen LogP contribution >= 0.6 is 0 Å². The fraction of sp³-hybridized carbons (Fsp3) is 0.333. The molecule has 2 aromatic rings. The summed E-state index contributed by atoms with van der Waals surface area (Å²) in [5, 5.41) is 2.58. The van der Waals surface area contributed by atoms with Crippen LogP contribution in [-0.4, -0.2) is 29.8 Å². The van der Waals surface area contributed by atoms with E-state index in [-0.39, 0.29) is 17.0 Å². The fourth-order valence-electron chi connectivity index (χ4n) is 2.40. The molecule has 0 bridgehead atoms. The fourth-order valence-corrected chi connectivity index (χ4v) is 3.39. The van der Waals surface area contributed by atoms with Crippen molar-refractivity contribution in [1.29, 1.82) is 0 Å². The van der Waals surface area contributed by atoms with E-state index < -0.39 is 21.8 Å². The van der Waals surface area contributed by atoms with Crippen LogP contribution in [0, 0.1) is 0 Å². The average Bonchev–Trinajstić information content (AvgIpc) is 2.61. The van der Waals surface area contributed by atoms with E-state index >= 15 is 0 Å². The van der Waals surface area contributed by atoms with Crippen LogP contribution in [0.1, 0.15) is 32.4 Å². The molecular weight excluding hydrogens is 384 g/mol. The molecule has 0 saturated carbocycles. The number of unbranched alkanes of at least 4 members (excludes halogenated alkanes) is 1. The van der Waals surface area contributed by atoms with Gasteiger partial charge in [-0.05, 0) is 37.1 Å². The Hall–Kier alpha value is -3.01. The lowest BCUT2D eigenvalue weighted by molar-refractivity contribution is -0.117. The maximum absolute atomic E-state index is 12.1. The lowest BCUT2D eigenvalue weighted by Crippen LogP contribution is -2.28. The van der Waals surface area contributed by atoms with Crippen LogP contribution in [0.25, 0.3) is 0 Å². The third-order valence-corrected chi connectivity index (χ3v) is 5.21. The van der Waals surface area contributed by atoms with Crippen molar-refractivity contribution in [3.8, 4) is 0 Å². The largest absolute Gasteiger partial charge is 0.325 e. The number of aryl methyl sites for hydroxylation is 1. The summed E-state index contributed by atoms with van der Waals surface area (Å²) in [6.45, 7) is 2.93. The normalized spacial score (nSPS) is 11.1. The van der Waals surface area contributed by atoms with Crippen molar-refractivity contribution in [2.45, 2.75) is 44.6 Å². The molecule has 9 nitrogen and oxygen atoms in total. The Morgan fingerprint density at radius 3 is 2.43 bits per heavy atom. The van der Waals surface area contributed by atoms with E-state index in [2.05, 4.69) is 10.3 Å². The molecule has 0 spiro atoms. The van der Waals surface area contributed by atoms with Gasteiger partial charge in [0.05, 0.1) is 11.2 Å². The molecule has 1 aromatic heterocycles. The van der Waals surface area contributed by atoms with E-state index in [1.54, 1.807) is 0 Å². The molecule has 2 rings (SSSR count). The van der Waals surface area contributed by atoms with Gasteiger partial charge in [0.15, 0.2) is 0 Å². The summed E-state index contributed by atoms with van der Waals surface area (Å²) in [6.07, 6.45) is 3.99. The number of carbonyl (C=O) groups is 2. The van der Waals surface area contributed by atoms with Gasteiger partial charge in [-0.2, -0.15) is 0 Å². The Kier molecular flexibility index (Phi) is 7.05. The maximum Gasteiger partial charge on any atom is 0.264 e. The Balaban J connectivity index is 2.02. The summed E-state index contributed by atoms with van der Waals surface area (Å²) >= 11 is 0. The number of rotatable bonds is 8. The molecule has 0 aliphatic carbocycles. The van der Waals surface area contributed by atoms with Gasteiger partial charge < -0.3 is 5.32 Å². The zero-order chi connectivity index (χ0) is 20.7. The highest BCUT2D eigenvalue weighted by Gasteiger charge is 2.15.